The van der Waals surface area contributed by atoms with Gasteiger partial charge in [-0.15, -0.1) is 0 Å². The maximum Gasteiger partial charge on any atom is 0.356 e. The largest absolute Gasteiger partial charge is 0.356 e. The second kappa shape index (κ2) is 3.41. The summed E-state index contributed by atoms with van der Waals surface area (Å²) in [6, 6.07) is 0. The Morgan fingerprint density at radius 2 is 1.47 bits per heavy atom. The monoisotopic (exact) mass is 220 g/mol. The average Bonchev–Trinajstić information content (AvgIpc) is 2.23. The molecule has 0 bridgehead atoms. The van der Waals surface area contributed by atoms with Gasteiger partial charge in [-0.05, 0) is 16.7 Å². The van der Waals surface area contributed by atoms with Crippen LogP contribution >= 0.6 is 0 Å². The normalized spacial score (nSPS) is 32.0. The number of alkyl halides is 2. The van der Waals surface area contributed by atoms with Gasteiger partial charge >= 0.3 is 6.11 Å². The Kier molecular flexibility index (Phi) is 2.93. The van der Waals surface area contributed by atoms with E-state index in [0.717, 1.165) is 0 Å². The van der Waals surface area contributed by atoms with Crippen molar-refractivity contribution >= 4 is 0 Å². The lowest BCUT2D eigenvalue weighted by atomic mass is 9.70. The molecule has 90 valence electrons. The second-order valence-corrected chi connectivity index (χ2v) is 6.72. The van der Waals surface area contributed by atoms with Gasteiger partial charge in [-0.2, -0.15) is 8.78 Å². The summed E-state index contributed by atoms with van der Waals surface area (Å²) < 4.78 is 31.5. The topological polar surface area (TPSA) is 9.23 Å². The van der Waals surface area contributed by atoms with Crippen LogP contribution in [-0.2, 0) is 4.74 Å². The third kappa shape index (κ3) is 2.90. The van der Waals surface area contributed by atoms with Crippen LogP contribution in [0.3, 0.4) is 0 Å². The lowest BCUT2D eigenvalue weighted by molar-refractivity contribution is -0.239. The maximum absolute atomic E-state index is 13.3. The zero-order valence-corrected chi connectivity index (χ0v) is 10.5. The summed E-state index contributed by atoms with van der Waals surface area (Å²) in [5.41, 5.74) is -0.379. The van der Waals surface area contributed by atoms with Crippen LogP contribution in [0.4, 0.5) is 8.78 Å². The van der Waals surface area contributed by atoms with Crippen molar-refractivity contribution in [2.24, 2.45) is 16.7 Å². The highest BCUT2D eigenvalue weighted by molar-refractivity contribution is 4.94. The molecule has 0 aromatic heterocycles. The SMILES string of the molecule is CC(C)(C)C1CC(F)(F)OC1C(C)(C)C. The number of halogens is 2. The lowest BCUT2D eigenvalue weighted by Gasteiger charge is -2.37. The summed E-state index contributed by atoms with van der Waals surface area (Å²) in [5.74, 6) is -0.0903. The van der Waals surface area contributed by atoms with Crippen molar-refractivity contribution in [1.82, 2.24) is 0 Å². The summed E-state index contributed by atoms with van der Waals surface area (Å²) in [5, 5.41) is 0. The first kappa shape index (κ1) is 12.9. The molecule has 2 unspecified atom stereocenters. The van der Waals surface area contributed by atoms with E-state index in [0.29, 0.717) is 0 Å². The summed E-state index contributed by atoms with van der Waals surface area (Å²) in [6.45, 7) is 11.9. The highest BCUT2D eigenvalue weighted by atomic mass is 19.3. The lowest BCUT2D eigenvalue weighted by Crippen LogP contribution is -2.37. The van der Waals surface area contributed by atoms with Gasteiger partial charge in [-0.3, -0.25) is 0 Å². The Morgan fingerprint density at radius 3 is 1.73 bits per heavy atom. The predicted molar refractivity (Wildman–Crippen MR) is 56.8 cm³/mol. The molecule has 3 heteroatoms. The molecule has 1 aliphatic rings. The van der Waals surface area contributed by atoms with Crippen LogP contribution in [0.15, 0.2) is 0 Å². The third-order valence-electron chi connectivity index (χ3n) is 3.09. The van der Waals surface area contributed by atoms with Gasteiger partial charge in [0.25, 0.3) is 0 Å². The van der Waals surface area contributed by atoms with Gasteiger partial charge in [0.15, 0.2) is 0 Å². The summed E-state index contributed by atoms with van der Waals surface area (Å²) in [7, 11) is 0. The fraction of sp³-hybridized carbons (Fsp3) is 1.00. The van der Waals surface area contributed by atoms with Gasteiger partial charge in [0.1, 0.15) is 0 Å². The molecule has 1 rings (SSSR count). The molecule has 1 saturated heterocycles. The van der Waals surface area contributed by atoms with Crippen molar-refractivity contribution in [3.63, 3.8) is 0 Å². The molecule has 1 aliphatic heterocycles. The second-order valence-electron chi connectivity index (χ2n) is 6.72. The zero-order valence-electron chi connectivity index (χ0n) is 10.5. The number of rotatable bonds is 0. The van der Waals surface area contributed by atoms with Crippen LogP contribution in [0.25, 0.3) is 0 Å². The molecule has 0 aliphatic carbocycles. The first-order chi connectivity index (χ1) is 6.43. The van der Waals surface area contributed by atoms with Crippen molar-refractivity contribution < 1.29 is 13.5 Å². The van der Waals surface area contributed by atoms with E-state index in [-0.39, 0.29) is 29.3 Å². The molecule has 0 radical (unpaired) electrons. The van der Waals surface area contributed by atoms with Gasteiger partial charge in [0.05, 0.1) is 6.10 Å². The minimum absolute atomic E-state index is 0.0903. The standard InChI is InChI=1S/C12H22F2O/c1-10(2,3)8-7-12(13,14)15-9(8)11(4,5)6/h8-9H,7H2,1-6H3. The molecule has 0 amide bonds. The summed E-state index contributed by atoms with van der Waals surface area (Å²) >= 11 is 0. The van der Waals surface area contributed by atoms with E-state index >= 15 is 0 Å². The Bertz CT molecular complexity index is 211. The highest BCUT2D eigenvalue weighted by Crippen LogP contribution is 2.50. The maximum atomic E-state index is 13.3. The van der Waals surface area contributed by atoms with Crippen molar-refractivity contribution in [3.8, 4) is 0 Å². The van der Waals surface area contributed by atoms with Gasteiger partial charge in [0, 0.05) is 6.42 Å². The minimum atomic E-state index is -2.95. The molecular formula is C12H22F2O. The predicted octanol–water partition coefficient (Wildman–Crippen LogP) is 4.08. The first-order valence-corrected chi connectivity index (χ1v) is 5.49. The van der Waals surface area contributed by atoms with E-state index < -0.39 is 6.11 Å². The fourth-order valence-corrected chi connectivity index (χ4v) is 2.22. The van der Waals surface area contributed by atoms with Gasteiger partial charge in [-0.25, -0.2) is 0 Å². The van der Waals surface area contributed by atoms with Crippen molar-refractivity contribution in [2.45, 2.75) is 60.2 Å². The number of hydrogen-bond donors (Lipinski definition) is 0. The molecule has 0 spiro atoms. The quantitative estimate of drug-likeness (QED) is 0.597. The van der Waals surface area contributed by atoms with E-state index in [1.807, 2.05) is 41.5 Å². The zero-order chi connectivity index (χ0) is 12.1. The van der Waals surface area contributed by atoms with Crippen LogP contribution in [0.1, 0.15) is 48.0 Å². The van der Waals surface area contributed by atoms with Crippen molar-refractivity contribution in [3.05, 3.63) is 0 Å². The van der Waals surface area contributed by atoms with E-state index in [1.165, 1.54) is 0 Å². The molecular weight excluding hydrogens is 198 g/mol. The van der Waals surface area contributed by atoms with E-state index in [9.17, 15) is 8.78 Å². The van der Waals surface area contributed by atoms with E-state index in [4.69, 9.17) is 4.74 Å². The van der Waals surface area contributed by atoms with Gasteiger partial charge in [0.2, 0.25) is 0 Å². The van der Waals surface area contributed by atoms with Crippen LogP contribution in [0, 0.1) is 16.7 Å². The molecule has 1 nitrogen and oxygen atoms in total. The smallest absolute Gasteiger partial charge is 0.316 e. The molecule has 0 aromatic carbocycles. The molecule has 1 fully saturated rings. The molecule has 15 heavy (non-hydrogen) atoms. The minimum Gasteiger partial charge on any atom is -0.316 e. The summed E-state index contributed by atoms with van der Waals surface area (Å²) in [6.07, 6.45) is -3.47. The fourth-order valence-electron chi connectivity index (χ4n) is 2.22. The first-order valence-electron chi connectivity index (χ1n) is 5.49. The van der Waals surface area contributed by atoms with Crippen molar-refractivity contribution in [1.29, 1.82) is 0 Å². The molecule has 0 aromatic rings. The van der Waals surface area contributed by atoms with Crippen LogP contribution in [0.2, 0.25) is 0 Å². The average molecular weight is 220 g/mol. The highest BCUT2D eigenvalue weighted by Gasteiger charge is 2.54. The Hall–Kier alpha value is -0.180. The number of hydrogen-bond acceptors (Lipinski definition) is 1. The molecule has 1 heterocycles. The van der Waals surface area contributed by atoms with Gasteiger partial charge < -0.3 is 4.74 Å². The van der Waals surface area contributed by atoms with Crippen LogP contribution in [0.5, 0.6) is 0 Å². The summed E-state index contributed by atoms with van der Waals surface area (Å²) in [4.78, 5) is 0. The van der Waals surface area contributed by atoms with Crippen molar-refractivity contribution in [2.75, 3.05) is 0 Å². The molecule has 2 atom stereocenters. The van der Waals surface area contributed by atoms with E-state index in [1.54, 1.807) is 0 Å². The Balaban J connectivity index is 2.95. The number of ether oxygens (including phenoxy) is 1. The Morgan fingerprint density at radius 1 is 1.00 bits per heavy atom. The van der Waals surface area contributed by atoms with Gasteiger partial charge in [-0.1, -0.05) is 41.5 Å². The molecule has 0 saturated carbocycles. The third-order valence-corrected chi connectivity index (χ3v) is 3.09. The van der Waals surface area contributed by atoms with Crippen LogP contribution < -0.4 is 0 Å². The van der Waals surface area contributed by atoms with E-state index in [2.05, 4.69) is 0 Å². The van der Waals surface area contributed by atoms with Crippen LogP contribution in [-0.4, -0.2) is 12.2 Å². The molecule has 0 N–H and O–H groups in total. The Labute approximate surface area is 91.2 Å².